The summed E-state index contributed by atoms with van der Waals surface area (Å²) in [7, 11) is 1.42. The van der Waals surface area contributed by atoms with Crippen molar-refractivity contribution in [2.45, 2.75) is 12.7 Å². The lowest BCUT2D eigenvalue weighted by atomic mass is 10.1. The highest BCUT2D eigenvalue weighted by molar-refractivity contribution is 5.92. The van der Waals surface area contributed by atoms with Crippen molar-refractivity contribution in [2.24, 2.45) is 7.05 Å². The number of aromatic nitrogens is 2. The van der Waals surface area contributed by atoms with Crippen molar-refractivity contribution >= 4 is 11.6 Å². The molecule has 0 saturated heterocycles. The summed E-state index contributed by atoms with van der Waals surface area (Å²) < 4.78 is 58.8. The van der Waals surface area contributed by atoms with Crippen LogP contribution in [0.25, 0.3) is 0 Å². The minimum Gasteiger partial charge on any atom is -0.436 e. The summed E-state index contributed by atoms with van der Waals surface area (Å²) in [6.07, 6.45) is -4.50. The second-order valence-corrected chi connectivity index (χ2v) is 6.35. The normalized spacial score (nSPS) is 11.3. The molecule has 12 heteroatoms. The van der Waals surface area contributed by atoms with Crippen LogP contribution in [0.3, 0.4) is 0 Å². The molecule has 0 aliphatic carbocycles. The Morgan fingerprint density at radius 1 is 1.23 bits per heavy atom. The molecule has 0 spiro atoms. The number of alkyl halides is 3. The number of nitrogens with one attached hydrogen (secondary N) is 1. The maximum absolute atomic E-state index is 14.0. The standard InChI is InChI=1S/C19H14F4N4O4/c1-26-17(31-16-6-5-13(27(29)30)8-14(16)20)9-15(25-26)18(28)24-10-11-3-2-4-12(7-11)19(21,22)23/h2-9H,10H2,1H3,(H,24,28). The van der Waals surface area contributed by atoms with Crippen molar-refractivity contribution in [3.05, 3.63) is 81.3 Å². The summed E-state index contributed by atoms with van der Waals surface area (Å²) in [5.74, 6) is -2.01. The van der Waals surface area contributed by atoms with Gasteiger partial charge in [0.2, 0.25) is 5.88 Å². The first-order valence-corrected chi connectivity index (χ1v) is 8.65. The van der Waals surface area contributed by atoms with E-state index in [4.69, 9.17) is 4.74 Å². The van der Waals surface area contributed by atoms with E-state index in [1.807, 2.05) is 0 Å². The molecule has 3 aromatic rings. The van der Waals surface area contributed by atoms with Gasteiger partial charge in [-0.3, -0.25) is 14.9 Å². The van der Waals surface area contributed by atoms with Gasteiger partial charge in [0.1, 0.15) is 0 Å². The molecule has 1 heterocycles. The van der Waals surface area contributed by atoms with Crippen molar-refractivity contribution in [2.75, 3.05) is 0 Å². The summed E-state index contributed by atoms with van der Waals surface area (Å²) >= 11 is 0. The van der Waals surface area contributed by atoms with Crippen LogP contribution in [0.4, 0.5) is 23.2 Å². The number of ether oxygens (including phenoxy) is 1. The SMILES string of the molecule is Cn1nc(C(=O)NCc2cccc(C(F)(F)F)c2)cc1Oc1ccc([N+](=O)[O-])cc1F. The van der Waals surface area contributed by atoms with Crippen LogP contribution in [-0.4, -0.2) is 20.6 Å². The molecule has 2 aromatic carbocycles. The average Bonchev–Trinajstić information content (AvgIpc) is 3.07. The average molecular weight is 438 g/mol. The van der Waals surface area contributed by atoms with E-state index < -0.39 is 34.1 Å². The van der Waals surface area contributed by atoms with E-state index in [2.05, 4.69) is 10.4 Å². The van der Waals surface area contributed by atoms with Gasteiger partial charge in [0.05, 0.1) is 16.6 Å². The van der Waals surface area contributed by atoms with Crippen LogP contribution in [0.2, 0.25) is 0 Å². The molecule has 162 valence electrons. The Balaban J connectivity index is 1.69. The fourth-order valence-corrected chi connectivity index (χ4v) is 2.59. The van der Waals surface area contributed by atoms with E-state index in [9.17, 15) is 32.5 Å². The lowest BCUT2D eigenvalue weighted by Gasteiger charge is -2.09. The molecular weight excluding hydrogens is 424 g/mol. The topological polar surface area (TPSA) is 99.3 Å². The number of carbonyl (C=O) groups is 1. The Hall–Kier alpha value is -3.96. The predicted octanol–water partition coefficient (Wildman–Crippen LogP) is 4.21. The number of nitrogens with zero attached hydrogens (tertiary/aromatic N) is 3. The van der Waals surface area contributed by atoms with Crippen LogP contribution in [-0.2, 0) is 19.8 Å². The number of non-ortho nitro benzene ring substituents is 1. The molecule has 0 aliphatic heterocycles. The minimum absolute atomic E-state index is 0.0306. The lowest BCUT2D eigenvalue weighted by Crippen LogP contribution is -2.23. The zero-order chi connectivity index (χ0) is 22.8. The summed E-state index contributed by atoms with van der Waals surface area (Å²) in [4.78, 5) is 22.2. The van der Waals surface area contributed by atoms with Crippen molar-refractivity contribution in [3.8, 4) is 11.6 Å². The Labute approximate surface area is 172 Å². The highest BCUT2D eigenvalue weighted by Crippen LogP contribution is 2.30. The highest BCUT2D eigenvalue weighted by atomic mass is 19.4. The van der Waals surface area contributed by atoms with Crippen molar-refractivity contribution < 1.29 is 32.0 Å². The number of aryl methyl sites for hydroxylation is 1. The minimum atomic E-state index is -4.50. The Morgan fingerprint density at radius 2 is 1.97 bits per heavy atom. The molecule has 0 atom stereocenters. The van der Waals surface area contributed by atoms with Crippen molar-refractivity contribution in [1.29, 1.82) is 0 Å². The van der Waals surface area contributed by atoms with Crippen molar-refractivity contribution in [3.63, 3.8) is 0 Å². The summed E-state index contributed by atoms with van der Waals surface area (Å²) in [6, 6.07) is 8.51. The molecule has 0 unspecified atom stereocenters. The van der Waals surface area contributed by atoms with Crippen LogP contribution >= 0.6 is 0 Å². The van der Waals surface area contributed by atoms with E-state index in [0.29, 0.717) is 6.07 Å². The molecule has 0 aliphatic rings. The maximum atomic E-state index is 14.0. The number of hydrogen-bond acceptors (Lipinski definition) is 5. The van der Waals surface area contributed by atoms with Crippen molar-refractivity contribution in [1.82, 2.24) is 15.1 Å². The second kappa shape index (κ2) is 8.42. The molecule has 0 saturated carbocycles. The molecule has 1 aromatic heterocycles. The number of halogens is 4. The van der Waals surface area contributed by atoms with Crippen LogP contribution in [0.5, 0.6) is 11.6 Å². The van der Waals surface area contributed by atoms with Gasteiger partial charge in [-0.15, -0.1) is 0 Å². The zero-order valence-electron chi connectivity index (χ0n) is 15.8. The van der Waals surface area contributed by atoms with Crippen LogP contribution in [0.1, 0.15) is 21.6 Å². The third-order valence-corrected chi connectivity index (χ3v) is 4.12. The zero-order valence-corrected chi connectivity index (χ0v) is 15.8. The Kier molecular flexibility index (Phi) is 5.90. The van der Waals surface area contributed by atoms with Gasteiger partial charge in [0, 0.05) is 25.7 Å². The number of benzene rings is 2. The van der Waals surface area contributed by atoms with Gasteiger partial charge < -0.3 is 10.1 Å². The van der Waals surface area contributed by atoms with Gasteiger partial charge in [0.15, 0.2) is 17.3 Å². The van der Waals surface area contributed by atoms with Gasteiger partial charge in [-0.2, -0.15) is 18.3 Å². The van der Waals surface area contributed by atoms with E-state index in [1.54, 1.807) is 0 Å². The third-order valence-electron chi connectivity index (χ3n) is 4.12. The number of nitro benzene ring substituents is 1. The van der Waals surface area contributed by atoms with Gasteiger partial charge in [-0.25, -0.2) is 9.07 Å². The molecular formula is C19H14F4N4O4. The van der Waals surface area contributed by atoms with E-state index in [0.717, 1.165) is 28.9 Å². The van der Waals surface area contributed by atoms with E-state index in [-0.39, 0.29) is 29.4 Å². The molecule has 1 N–H and O–H groups in total. The van der Waals surface area contributed by atoms with Gasteiger partial charge in [0.25, 0.3) is 11.6 Å². The second-order valence-electron chi connectivity index (χ2n) is 6.35. The van der Waals surface area contributed by atoms with Gasteiger partial charge in [-0.1, -0.05) is 12.1 Å². The number of carbonyl (C=O) groups excluding carboxylic acids is 1. The molecule has 0 radical (unpaired) electrons. The quantitative estimate of drug-likeness (QED) is 0.353. The first-order chi connectivity index (χ1) is 14.5. The smallest absolute Gasteiger partial charge is 0.416 e. The molecule has 0 bridgehead atoms. The first kappa shape index (κ1) is 21.7. The lowest BCUT2D eigenvalue weighted by molar-refractivity contribution is -0.385. The monoisotopic (exact) mass is 438 g/mol. The van der Waals surface area contributed by atoms with Crippen LogP contribution < -0.4 is 10.1 Å². The molecule has 3 rings (SSSR count). The molecule has 0 fully saturated rings. The summed E-state index contributed by atoms with van der Waals surface area (Å²) in [6.45, 7) is -0.174. The molecule has 31 heavy (non-hydrogen) atoms. The fraction of sp³-hybridized carbons (Fsp3) is 0.158. The first-order valence-electron chi connectivity index (χ1n) is 8.65. The van der Waals surface area contributed by atoms with Crippen LogP contribution in [0, 0.1) is 15.9 Å². The van der Waals surface area contributed by atoms with Crippen LogP contribution in [0.15, 0.2) is 48.5 Å². The Morgan fingerprint density at radius 3 is 2.61 bits per heavy atom. The third kappa shape index (κ3) is 5.15. The number of rotatable bonds is 6. The fourth-order valence-electron chi connectivity index (χ4n) is 2.59. The Bertz CT molecular complexity index is 1140. The number of hydrogen-bond donors (Lipinski definition) is 1. The van der Waals surface area contributed by atoms with Gasteiger partial charge in [-0.05, 0) is 23.8 Å². The highest BCUT2D eigenvalue weighted by Gasteiger charge is 2.30. The van der Waals surface area contributed by atoms with E-state index >= 15 is 0 Å². The number of amides is 1. The predicted molar refractivity (Wildman–Crippen MR) is 99.0 cm³/mol. The van der Waals surface area contributed by atoms with Gasteiger partial charge >= 0.3 is 6.18 Å². The summed E-state index contributed by atoms with van der Waals surface area (Å²) in [5, 5.41) is 17.0. The molecule has 1 amide bonds. The maximum Gasteiger partial charge on any atom is 0.416 e. The summed E-state index contributed by atoms with van der Waals surface area (Å²) in [5.41, 5.74) is -1.17. The molecule has 8 nitrogen and oxygen atoms in total. The van der Waals surface area contributed by atoms with E-state index in [1.165, 1.54) is 25.2 Å². The largest absolute Gasteiger partial charge is 0.436 e. The number of nitro groups is 1.